The predicted octanol–water partition coefficient (Wildman–Crippen LogP) is 2.62. The van der Waals surface area contributed by atoms with E-state index >= 15 is 0 Å². The van der Waals surface area contributed by atoms with E-state index < -0.39 is 15.9 Å². The molecule has 2 fully saturated rings. The molecule has 0 radical (unpaired) electrons. The number of amides is 2. The molecule has 2 amide bonds. The Labute approximate surface area is 170 Å². The monoisotopic (exact) mass is 413 g/mol. The summed E-state index contributed by atoms with van der Waals surface area (Å²) >= 11 is 0. The minimum absolute atomic E-state index is 0.115. The van der Waals surface area contributed by atoms with Gasteiger partial charge in [0.1, 0.15) is 0 Å². The molecule has 0 unspecified atom stereocenters. The maximum absolute atomic E-state index is 12.7. The van der Waals surface area contributed by atoms with E-state index in [0.717, 1.165) is 25.7 Å². The van der Waals surface area contributed by atoms with Crippen molar-refractivity contribution in [1.29, 1.82) is 0 Å². The van der Waals surface area contributed by atoms with Crippen LogP contribution in [0.25, 0.3) is 0 Å². The van der Waals surface area contributed by atoms with E-state index in [0.29, 0.717) is 24.3 Å². The van der Waals surface area contributed by atoms with Crippen molar-refractivity contribution in [2.45, 2.75) is 36.6 Å². The Balaban J connectivity index is 1.49. The molecule has 152 valence electrons. The summed E-state index contributed by atoms with van der Waals surface area (Å²) in [5.41, 5.74) is 1.20. The molecule has 1 saturated heterocycles. The number of carbonyl (C=O) groups excluding carboxylic acids is 2. The van der Waals surface area contributed by atoms with E-state index in [9.17, 15) is 18.0 Å². The predicted molar refractivity (Wildman–Crippen MR) is 109 cm³/mol. The molecule has 8 heteroatoms. The molecule has 1 aliphatic heterocycles. The lowest BCUT2D eigenvalue weighted by Crippen LogP contribution is -2.28. The van der Waals surface area contributed by atoms with Gasteiger partial charge in [-0.25, -0.2) is 8.42 Å². The molecule has 2 N–H and O–H groups in total. The minimum atomic E-state index is -3.59. The van der Waals surface area contributed by atoms with Gasteiger partial charge in [0.2, 0.25) is 10.0 Å². The molecular weight excluding hydrogens is 390 g/mol. The fourth-order valence-electron chi connectivity index (χ4n) is 3.31. The summed E-state index contributed by atoms with van der Waals surface area (Å²) in [6.45, 7) is 1.02. The lowest BCUT2D eigenvalue weighted by Gasteiger charge is -2.16. The molecule has 0 aromatic heterocycles. The van der Waals surface area contributed by atoms with E-state index in [1.54, 1.807) is 36.4 Å². The summed E-state index contributed by atoms with van der Waals surface area (Å²) in [5, 5.41) is 5.65. The van der Waals surface area contributed by atoms with E-state index in [4.69, 9.17) is 0 Å². The Hall–Kier alpha value is -2.71. The van der Waals surface area contributed by atoms with Crippen LogP contribution in [0.3, 0.4) is 0 Å². The van der Waals surface area contributed by atoms with Gasteiger partial charge in [0.15, 0.2) is 0 Å². The summed E-state index contributed by atoms with van der Waals surface area (Å²) in [7, 11) is -3.59. The van der Waals surface area contributed by atoms with Gasteiger partial charge in [-0.3, -0.25) is 9.59 Å². The number of carbonyl (C=O) groups is 2. The van der Waals surface area contributed by atoms with Gasteiger partial charge in [0.25, 0.3) is 11.8 Å². The second-order valence-corrected chi connectivity index (χ2v) is 9.36. The van der Waals surface area contributed by atoms with E-state index in [1.165, 1.54) is 16.4 Å². The molecule has 2 aromatic carbocycles. The zero-order valence-electron chi connectivity index (χ0n) is 15.9. The van der Waals surface area contributed by atoms with Gasteiger partial charge in [-0.15, -0.1) is 0 Å². The Morgan fingerprint density at radius 1 is 0.897 bits per heavy atom. The summed E-state index contributed by atoms with van der Waals surface area (Å²) in [6.07, 6.45) is 3.70. The highest BCUT2D eigenvalue weighted by molar-refractivity contribution is 7.89. The molecule has 0 atom stereocenters. The standard InChI is InChI=1S/C21H23N3O4S/c25-20(22-17-9-10-17)15-5-3-7-18(13-15)23-21(26)16-6-4-8-19(14-16)29(27,28)24-11-1-2-12-24/h3-8,13-14,17H,1-2,9-12H2,(H,22,25)(H,23,26). The summed E-state index contributed by atoms with van der Waals surface area (Å²) < 4.78 is 26.9. The van der Waals surface area contributed by atoms with Crippen molar-refractivity contribution in [1.82, 2.24) is 9.62 Å². The van der Waals surface area contributed by atoms with Crippen LogP contribution < -0.4 is 10.6 Å². The minimum Gasteiger partial charge on any atom is -0.349 e. The molecule has 1 heterocycles. The molecule has 7 nitrogen and oxygen atoms in total. The Morgan fingerprint density at radius 2 is 1.55 bits per heavy atom. The zero-order valence-corrected chi connectivity index (χ0v) is 16.7. The average molecular weight is 413 g/mol. The molecule has 2 aromatic rings. The van der Waals surface area contributed by atoms with Crippen molar-refractivity contribution >= 4 is 27.5 Å². The molecule has 29 heavy (non-hydrogen) atoms. The van der Waals surface area contributed by atoms with Crippen molar-refractivity contribution in [3.05, 3.63) is 59.7 Å². The molecule has 2 aliphatic rings. The van der Waals surface area contributed by atoms with Crippen molar-refractivity contribution in [2.75, 3.05) is 18.4 Å². The van der Waals surface area contributed by atoms with Crippen LogP contribution in [0.15, 0.2) is 53.4 Å². The number of hydrogen-bond donors (Lipinski definition) is 2. The summed E-state index contributed by atoms with van der Waals surface area (Å²) in [6, 6.07) is 13.0. The largest absolute Gasteiger partial charge is 0.349 e. The van der Waals surface area contributed by atoms with E-state index in [2.05, 4.69) is 10.6 Å². The fourth-order valence-corrected chi connectivity index (χ4v) is 4.88. The van der Waals surface area contributed by atoms with Crippen LogP contribution in [0.2, 0.25) is 0 Å². The van der Waals surface area contributed by atoms with Crippen molar-refractivity contribution < 1.29 is 18.0 Å². The fraction of sp³-hybridized carbons (Fsp3) is 0.333. The molecule has 1 saturated carbocycles. The smallest absolute Gasteiger partial charge is 0.255 e. The third kappa shape index (κ3) is 4.49. The summed E-state index contributed by atoms with van der Waals surface area (Å²) in [5.74, 6) is -0.592. The second kappa shape index (κ2) is 7.96. The number of benzene rings is 2. The topological polar surface area (TPSA) is 95.6 Å². The number of hydrogen-bond acceptors (Lipinski definition) is 4. The highest BCUT2D eigenvalue weighted by Crippen LogP contribution is 2.23. The van der Waals surface area contributed by atoms with Crippen LogP contribution in [-0.4, -0.2) is 43.7 Å². The first-order chi connectivity index (χ1) is 13.9. The third-order valence-electron chi connectivity index (χ3n) is 5.09. The highest BCUT2D eigenvalue weighted by Gasteiger charge is 2.28. The SMILES string of the molecule is O=C(Nc1cccc(C(=O)NC2CC2)c1)c1cccc(S(=O)(=O)N2CCCC2)c1. The first-order valence-corrected chi connectivity index (χ1v) is 11.2. The number of anilines is 1. The Kier molecular flexibility index (Phi) is 5.38. The normalized spacial score (nSPS) is 17.1. The van der Waals surface area contributed by atoms with E-state index in [1.807, 2.05) is 0 Å². The van der Waals surface area contributed by atoms with Crippen LogP contribution in [-0.2, 0) is 10.0 Å². The summed E-state index contributed by atoms with van der Waals surface area (Å²) in [4.78, 5) is 25.0. The molecule has 0 bridgehead atoms. The average Bonchev–Trinajstić information content (AvgIpc) is 3.35. The Bertz CT molecular complexity index is 1040. The second-order valence-electron chi connectivity index (χ2n) is 7.42. The van der Waals surface area contributed by atoms with E-state index in [-0.39, 0.29) is 22.4 Å². The number of nitrogens with zero attached hydrogens (tertiary/aromatic N) is 1. The van der Waals surface area contributed by atoms with Gasteiger partial charge in [-0.2, -0.15) is 4.31 Å². The Morgan fingerprint density at radius 3 is 2.24 bits per heavy atom. The van der Waals surface area contributed by atoms with Crippen LogP contribution in [0.5, 0.6) is 0 Å². The molecule has 4 rings (SSSR count). The molecular formula is C21H23N3O4S. The van der Waals surface area contributed by atoms with Gasteiger partial charge in [-0.05, 0) is 62.1 Å². The van der Waals surface area contributed by atoms with Gasteiger partial charge < -0.3 is 10.6 Å². The van der Waals surface area contributed by atoms with Crippen LogP contribution >= 0.6 is 0 Å². The van der Waals surface area contributed by atoms with Gasteiger partial charge in [0, 0.05) is 35.9 Å². The van der Waals surface area contributed by atoms with Crippen LogP contribution in [0, 0.1) is 0 Å². The van der Waals surface area contributed by atoms with Gasteiger partial charge in [-0.1, -0.05) is 12.1 Å². The quantitative estimate of drug-likeness (QED) is 0.761. The molecule has 0 spiro atoms. The van der Waals surface area contributed by atoms with Crippen LogP contribution in [0.1, 0.15) is 46.4 Å². The number of nitrogens with one attached hydrogen (secondary N) is 2. The van der Waals surface area contributed by atoms with Crippen molar-refractivity contribution in [2.24, 2.45) is 0 Å². The van der Waals surface area contributed by atoms with Crippen molar-refractivity contribution in [3.63, 3.8) is 0 Å². The third-order valence-corrected chi connectivity index (χ3v) is 6.99. The van der Waals surface area contributed by atoms with Gasteiger partial charge in [0.05, 0.1) is 4.90 Å². The lowest BCUT2D eigenvalue weighted by atomic mass is 10.1. The first-order valence-electron chi connectivity index (χ1n) is 9.76. The number of rotatable bonds is 6. The maximum Gasteiger partial charge on any atom is 0.255 e. The molecule has 1 aliphatic carbocycles. The highest BCUT2D eigenvalue weighted by atomic mass is 32.2. The van der Waals surface area contributed by atoms with Crippen molar-refractivity contribution in [3.8, 4) is 0 Å². The maximum atomic E-state index is 12.7. The zero-order chi connectivity index (χ0) is 20.4. The van der Waals surface area contributed by atoms with Gasteiger partial charge >= 0.3 is 0 Å². The lowest BCUT2D eigenvalue weighted by molar-refractivity contribution is 0.0949. The number of sulfonamides is 1. The van der Waals surface area contributed by atoms with Crippen LogP contribution in [0.4, 0.5) is 5.69 Å². The first kappa shape index (κ1) is 19.6.